The molecule has 1 rings (SSSR count). The summed E-state index contributed by atoms with van der Waals surface area (Å²) in [5.74, 6) is 0. The monoisotopic (exact) mass is 330 g/mol. The van der Waals surface area contributed by atoms with Crippen LogP contribution in [0.25, 0.3) is 0 Å². The van der Waals surface area contributed by atoms with Gasteiger partial charge in [0.25, 0.3) is 0 Å². The number of sulfone groups is 1. The van der Waals surface area contributed by atoms with Gasteiger partial charge in [0, 0.05) is 14.2 Å². The predicted molar refractivity (Wildman–Crippen MR) is 76.9 cm³/mol. The Bertz CT molecular complexity index is 714. The van der Waals surface area contributed by atoms with Crippen molar-refractivity contribution in [3.63, 3.8) is 0 Å². The van der Waals surface area contributed by atoms with E-state index in [-0.39, 0.29) is 10.6 Å². The summed E-state index contributed by atoms with van der Waals surface area (Å²) in [6, 6.07) is 8.91. The summed E-state index contributed by atoms with van der Waals surface area (Å²) in [4.78, 5) is -0.739. The molecule has 0 bridgehead atoms. The Kier molecular flexibility index (Phi) is 5.70. The summed E-state index contributed by atoms with van der Waals surface area (Å²) < 4.78 is 46.0. The molecule has 0 aromatic heterocycles. The van der Waals surface area contributed by atoms with Crippen LogP contribution in [-0.4, -0.2) is 28.8 Å². The van der Waals surface area contributed by atoms with Gasteiger partial charge in [-0.2, -0.15) is 5.26 Å². The summed E-state index contributed by atoms with van der Waals surface area (Å²) >= 11 is 0. The van der Waals surface area contributed by atoms with Crippen LogP contribution in [0.3, 0.4) is 0 Å². The molecule has 0 atom stereocenters. The minimum atomic E-state index is -4.08. The van der Waals surface area contributed by atoms with Gasteiger partial charge in [0.2, 0.25) is 9.84 Å². The highest BCUT2D eigenvalue weighted by molar-refractivity contribution is 7.95. The largest absolute Gasteiger partial charge is 0.400 e. The molecule has 0 heterocycles. The summed E-state index contributed by atoms with van der Waals surface area (Å²) in [6.45, 7) is 0. The van der Waals surface area contributed by atoms with Crippen molar-refractivity contribution in [1.29, 1.82) is 5.26 Å². The van der Waals surface area contributed by atoms with E-state index >= 15 is 0 Å². The van der Waals surface area contributed by atoms with Gasteiger partial charge in [-0.25, -0.2) is 8.42 Å². The predicted octanol–water partition coefficient (Wildman–Crippen LogP) is 1.64. The molecule has 9 heteroatoms. The van der Waals surface area contributed by atoms with Gasteiger partial charge in [-0.3, -0.25) is 4.57 Å². The van der Waals surface area contributed by atoms with Gasteiger partial charge in [0.05, 0.1) is 16.8 Å². The zero-order valence-electron chi connectivity index (χ0n) is 11.5. The lowest BCUT2D eigenvalue weighted by atomic mass is 10.4. The number of nitriles is 1. The van der Waals surface area contributed by atoms with Crippen LogP contribution in [0.4, 0.5) is 0 Å². The van der Waals surface area contributed by atoms with Crippen LogP contribution in [0.15, 0.2) is 45.8 Å². The minimum Gasteiger partial charge on any atom is -0.400 e. The summed E-state index contributed by atoms with van der Waals surface area (Å²) in [7, 11) is -5.35. The van der Waals surface area contributed by atoms with Crippen molar-refractivity contribution in [3.05, 3.63) is 40.9 Å². The molecule has 0 fully saturated rings. The molecule has 0 spiro atoms. The lowest BCUT2D eigenvalue weighted by molar-refractivity contribution is 0.278. The second-order valence-electron chi connectivity index (χ2n) is 3.92. The van der Waals surface area contributed by atoms with Crippen LogP contribution in [0, 0.1) is 11.3 Å². The first kappa shape index (κ1) is 17.4. The molecule has 114 valence electrons. The lowest BCUT2D eigenvalue weighted by Gasteiger charge is -2.14. The van der Waals surface area contributed by atoms with Crippen molar-refractivity contribution >= 4 is 17.4 Å². The summed E-state index contributed by atoms with van der Waals surface area (Å²) in [5.41, 5.74) is 5.27. The van der Waals surface area contributed by atoms with E-state index in [4.69, 9.17) is 11.0 Å². The first-order valence-electron chi connectivity index (χ1n) is 5.70. The fraction of sp³-hybridized carbons (Fsp3) is 0.250. The Morgan fingerprint density at radius 2 is 1.81 bits per heavy atom. The minimum absolute atomic E-state index is 0.0748. The number of allylic oxidation sites excluding steroid dienone is 2. The molecule has 0 amide bonds. The van der Waals surface area contributed by atoms with Crippen LogP contribution < -0.4 is 5.73 Å². The molecule has 21 heavy (non-hydrogen) atoms. The number of rotatable bonds is 6. The third-order valence-electron chi connectivity index (χ3n) is 2.64. The number of hydrogen-bond acceptors (Lipinski definition) is 7. The highest BCUT2D eigenvalue weighted by Gasteiger charge is 2.29. The quantitative estimate of drug-likeness (QED) is 0.622. The van der Waals surface area contributed by atoms with Gasteiger partial charge >= 0.3 is 7.60 Å². The zero-order valence-corrected chi connectivity index (χ0v) is 13.2. The first-order chi connectivity index (χ1) is 9.80. The van der Waals surface area contributed by atoms with E-state index in [0.29, 0.717) is 0 Å². The third kappa shape index (κ3) is 3.93. The Morgan fingerprint density at radius 1 is 1.29 bits per heavy atom. The second kappa shape index (κ2) is 6.87. The van der Waals surface area contributed by atoms with Crippen LogP contribution in [0.1, 0.15) is 0 Å². The highest BCUT2D eigenvalue weighted by atomic mass is 32.2. The first-order valence-corrected chi connectivity index (χ1v) is 8.91. The standard InChI is InChI=1S/C12H15N2O5PS/c1-18-20(15,19-2)9-11(14)12(8-13)21(16,17)10-6-4-3-5-7-10/h3-7H,9,14H2,1-2H3. The van der Waals surface area contributed by atoms with Gasteiger partial charge in [0.1, 0.15) is 6.07 Å². The Hall–Kier alpha value is -1.65. The Labute approximate surface area is 123 Å². The van der Waals surface area contributed by atoms with Crippen molar-refractivity contribution in [1.82, 2.24) is 0 Å². The summed E-state index contributed by atoms with van der Waals surface area (Å²) in [5, 5.41) is 9.10. The van der Waals surface area contributed by atoms with Crippen LogP contribution in [-0.2, 0) is 23.4 Å². The fourth-order valence-corrected chi connectivity index (χ4v) is 3.88. The summed E-state index contributed by atoms with van der Waals surface area (Å²) in [6.07, 6.45) is -0.491. The lowest BCUT2D eigenvalue weighted by Crippen LogP contribution is -2.15. The molecule has 0 aliphatic rings. The molecule has 0 radical (unpaired) electrons. The van der Waals surface area contributed by atoms with Crippen LogP contribution in [0.2, 0.25) is 0 Å². The van der Waals surface area contributed by atoms with E-state index in [9.17, 15) is 13.0 Å². The van der Waals surface area contributed by atoms with E-state index in [1.54, 1.807) is 12.1 Å². The molecule has 0 saturated carbocycles. The zero-order chi connectivity index (χ0) is 16.1. The van der Waals surface area contributed by atoms with Crippen LogP contribution in [0.5, 0.6) is 0 Å². The van der Waals surface area contributed by atoms with Gasteiger partial charge < -0.3 is 14.8 Å². The normalized spacial score (nSPS) is 13.4. The van der Waals surface area contributed by atoms with Crippen LogP contribution >= 0.6 is 7.60 Å². The maximum absolute atomic E-state index is 12.3. The Morgan fingerprint density at radius 3 is 2.24 bits per heavy atom. The second-order valence-corrected chi connectivity index (χ2v) is 8.07. The topological polar surface area (TPSA) is 119 Å². The molecule has 0 aliphatic heterocycles. The average Bonchev–Trinajstić information content (AvgIpc) is 2.48. The van der Waals surface area contributed by atoms with Crippen molar-refractivity contribution < 1.29 is 22.0 Å². The van der Waals surface area contributed by atoms with E-state index in [0.717, 1.165) is 14.2 Å². The Balaban J connectivity index is 3.33. The number of benzene rings is 1. The number of hydrogen-bond donors (Lipinski definition) is 1. The van der Waals surface area contributed by atoms with Crippen molar-refractivity contribution in [2.45, 2.75) is 4.90 Å². The SMILES string of the molecule is COP(=O)(CC(N)=C(C#N)S(=O)(=O)c1ccccc1)OC. The molecule has 7 nitrogen and oxygen atoms in total. The fourth-order valence-electron chi connectivity index (χ4n) is 1.51. The molecule has 0 unspecified atom stereocenters. The van der Waals surface area contributed by atoms with E-state index in [1.807, 2.05) is 0 Å². The molecule has 1 aromatic carbocycles. The molecule has 0 aliphatic carbocycles. The van der Waals surface area contributed by atoms with E-state index < -0.39 is 28.5 Å². The van der Waals surface area contributed by atoms with Gasteiger partial charge in [-0.1, -0.05) is 18.2 Å². The molecular formula is C12H15N2O5PS. The van der Waals surface area contributed by atoms with Gasteiger partial charge in [-0.05, 0) is 12.1 Å². The van der Waals surface area contributed by atoms with Crippen molar-refractivity contribution in [2.75, 3.05) is 20.4 Å². The van der Waals surface area contributed by atoms with Gasteiger partial charge in [-0.15, -0.1) is 0 Å². The average molecular weight is 330 g/mol. The smallest absolute Gasteiger partial charge is 0.336 e. The molecule has 1 aromatic rings. The van der Waals surface area contributed by atoms with Crippen molar-refractivity contribution in [3.8, 4) is 6.07 Å². The maximum Gasteiger partial charge on any atom is 0.336 e. The van der Waals surface area contributed by atoms with Crippen molar-refractivity contribution in [2.24, 2.45) is 5.73 Å². The number of nitrogens with zero attached hydrogens (tertiary/aromatic N) is 1. The molecule has 2 N–H and O–H groups in total. The molecule has 0 saturated heterocycles. The molecular weight excluding hydrogens is 315 g/mol. The number of nitrogens with two attached hydrogens (primary N) is 1. The maximum atomic E-state index is 12.3. The third-order valence-corrected chi connectivity index (χ3v) is 6.26. The van der Waals surface area contributed by atoms with Gasteiger partial charge in [0.15, 0.2) is 4.91 Å². The highest BCUT2D eigenvalue weighted by Crippen LogP contribution is 2.47. The van der Waals surface area contributed by atoms with E-state index in [1.165, 1.54) is 24.3 Å². The van der Waals surface area contributed by atoms with E-state index in [2.05, 4.69) is 9.05 Å².